The maximum atomic E-state index is 12.6. The van der Waals surface area contributed by atoms with Gasteiger partial charge >= 0.3 is 12.4 Å². The fraction of sp³-hybridized carbons (Fsp3) is 0.364. The van der Waals surface area contributed by atoms with Crippen molar-refractivity contribution in [1.82, 2.24) is 0 Å². The number of aliphatic hydroxyl groups excluding tert-OH is 1. The smallest absolute Gasteiger partial charge is 0.387 e. The largest absolute Gasteiger partial charge is 0.430 e. The van der Waals surface area contributed by atoms with Crippen molar-refractivity contribution >= 4 is 11.6 Å². The van der Waals surface area contributed by atoms with E-state index in [2.05, 4.69) is 0 Å². The molecule has 118 valence electrons. The van der Waals surface area contributed by atoms with Crippen LogP contribution in [0.1, 0.15) is 5.56 Å². The molecule has 10 heteroatoms. The number of halogens is 6. The van der Waals surface area contributed by atoms with Gasteiger partial charge in [0.1, 0.15) is 6.61 Å². The highest BCUT2D eigenvalue weighted by Gasteiger charge is 2.71. The van der Waals surface area contributed by atoms with Gasteiger partial charge in [-0.1, -0.05) is 12.1 Å². The van der Waals surface area contributed by atoms with Gasteiger partial charge in [0.15, 0.2) is 0 Å². The summed E-state index contributed by atoms with van der Waals surface area (Å²) >= 11 is 0. The molecule has 0 bridgehead atoms. The van der Waals surface area contributed by atoms with Crippen LogP contribution in [0.3, 0.4) is 0 Å². The van der Waals surface area contributed by atoms with Crippen LogP contribution >= 0.6 is 0 Å². The minimum atomic E-state index is -5.97. The third-order valence-corrected chi connectivity index (χ3v) is 2.55. The Morgan fingerprint density at radius 3 is 1.76 bits per heavy atom. The van der Waals surface area contributed by atoms with Crippen LogP contribution in [0.15, 0.2) is 24.3 Å². The number of aliphatic hydroxyl groups is 2. The van der Waals surface area contributed by atoms with Crippen LogP contribution < -0.4 is 5.32 Å². The third-order valence-electron chi connectivity index (χ3n) is 2.55. The molecule has 0 saturated carbocycles. The second-order valence-corrected chi connectivity index (χ2v) is 3.99. The van der Waals surface area contributed by atoms with Gasteiger partial charge in [-0.15, -0.1) is 0 Å². The lowest BCUT2D eigenvalue weighted by atomic mass is 9.92. The van der Waals surface area contributed by atoms with E-state index in [9.17, 15) is 31.1 Å². The SMILES string of the molecule is O=C(CO)Nc1ccc(C(O)(C(F)(F)F)C(F)(F)F)cc1. The average molecular weight is 317 g/mol. The first-order chi connectivity index (χ1) is 9.43. The maximum absolute atomic E-state index is 12.6. The van der Waals surface area contributed by atoms with Crippen molar-refractivity contribution in [2.75, 3.05) is 11.9 Å². The zero-order valence-electron chi connectivity index (χ0n) is 10.1. The summed E-state index contributed by atoms with van der Waals surface area (Å²) < 4.78 is 75.5. The van der Waals surface area contributed by atoms with Crippen molar-refractivity contribution in [3.05, 3.63) is 29.8 Å². The fourth-order valence-electron chi connectivity index (χ4n) is 1.48. The summed E-state index contributed by atoms with van der Waals surface area (Å²) in [5.41, 5.74) is -6.59. The number of anilines is 1. The lowest BCUT2D eigenvalue weighted by molar-refractivity contribution is -0.376. The van der Waals surface area contributed by atoms with E-state index in [-0.39, 0.29) is 5.69 Å². The summed E-state index contributed by atoms with van der Waals surface area (Å²) in [6.07, 6.45) is -11.9. The normalized spacial score (nSPS) is 13.1. The molecule has 1 rings (SSSR count). The molecule has 0 saturated heterocycles. The van der Waals surface area contributed by atoms with Crippen molar-refractivity contribution in [1.29, 1.82) is 0 Å². The Bertz CT molecular complexity index is 494. The van der Waals surface area contributed by atoms with Crippen LogP contribution in [0.2, 0.25) is 0 Å². The number of hydrogen-bond acceptors (Lipinski definition) is 3. The maximum Gasteiger partial charge on any atom is 0.430 e. The monoisotopic (exact) mass is 317 g/mol. The molecule has 4 nitrogen and oxygen atoms in total. The van der Waals surface area contributed by atoms with Crippen LogP contribution in [0.25, 0.3) is 0 Å². The Hall–Kier alpha value is -1.81. The van der Waals surface area contributed by atoms with Crippen molar-refractivity contribution < 1.29 is 41.4 Å². The van der Waals surface area contributed by atoms with Gasteiger partial charge < -0.3 is 15.5 Å². The summed E-state index contributed by atoms with van der Waals surface area (Å²) in [6, 6.07) is 2.25. The zero-order chi connectivity index (χ0) is 16.5. The molecule has 0 atom stereocenters. The van der Waals surface area contributed by atoms with Crippen molar-refractivity contribution in [3.63, 3.8) is 0 Å². The number of benzene rings is 1. The Balaban J connectivity index is 3.21. The topological polar surface area (TPSA) is 69.6 Å². The minimum Gasteiger partial charge on any atom is -0.387 e. The number of carbonyl (C=O) groups excluding carboxylic acids is 1. The van der Waals surface area contributed by atoms with E-state index in [0.717, 1.165) is 12.1 Å². The Labute approximate surface area is 114 Å². The predicted molar refractivity (Wildman–Crippen MR) is 58.2 cm³/mol. The number of hydrogen-bond donors (Lipinski definition) is 3. The molecule has 1 amide bonds. The van der Waals surface area contributed by atoms with Crippen LogP contribution in [0.5, 0.6) is 0 Å². The summed E-state index contributed by atoms with van der Waals surface area (Å²) in [6.45, 7) is -0.906. The standard InChI is InChI=1S/C11H9F6NO3/c12-10(13,14)9(21,11(15,16)17)6-1-3-7(4-2-6)18-8(20)5-19/h1-4,19,21H,5H2,(H,18,20). The molecule has 3 N–H and O–H groups in total. The van der Waals surface area contributed by atoms with Gasteiger partial charge in [-0.05, 0) is 12.1 Å². The lowest BCUT2D eigenvalue weighted by Crippen LogP contribution is -2.53. The highest BCUT2D eigenvalue weighted by molar-refractivity contribution is 5.91. The molecular formula is C11H9F6NO3. The van der Waals surface area contributed by atoms with Crippen molar-refractivity contribution in [2.24, 2.45) is 0 Å². The van der Waals surface area contributed by atoms with E-state index in [0.29, 0.717) is 12.1 Å². The predicted octanol–water partition coefficient (Wildman–Crippen LogP) is 1.93. The molecule has 0 unspecified atom stereocenters. The molecule has 0 aromatic heterocycles. The van der Waals surface area contributed by atoms with Gasteiger partial charge in [-0.2, -0.15) is 26.3 Å². The van der Waals surface area contributed by atoms with E-state index in [1.54, 1.807) is 0 Å². The molecule has 1 aromatic carbocycles. The number of carbonyl (C=O) groups is 1. The van der Waals surface area contributed by atoms with Crippen LogP contribution in [0.4, 0.5) is 32.0 Å². The molecule has 0 aliphatic heterocycles. The zero-order valence-corrected chi connectivity index (χ0v) is 10.1. The Morgan fingerprint density at radius 2 is 1.43 bits per heavy atom. The first-order valence-corrected chi connectivity index (χ1v) is 5.30. The first kappa shape index (κ1) is 17.2. The van der Waals surface area contributed by atoms with E-state index in [1.165, 1.54) is 0 Å². The molecule has 0 radical (unpaired) electrons. The van der Waals surface area contributed by atoms with Crippen LogP contribution in [-0.4, -0.2) is 35.1 Å². The highest BCUT2D eigenvalue weighted by atomic mass is 19.4. The van der Waals surface area contributed by atoms with Gasteiger partial charge in [0, 0.05) is 11.3 Å². The molecule has 0 aliphatic rings. The van der Waals surface area contributed by atoms with E-state index < -0.39 is 36.0 Å². The number of amides is 1. The Kier molecular flexibility index (Phi) is 4.54. The van der Waals surface area contributed by atoms with Gasteiger partial charge in [0.05, 0.1) is 0 Å². The van der Waals surface area contributed by atoms with Gasteiger partial charge in [0.2, 0.25) is 5.91 Å². The van der Waals surface area contributed by atoms with E-state index in [1.807, 2.05) is 5.32 Å². The third kappa shape index (κ3) is 3.27. The number of nitrogens with one attached hydrogen (secondary N) is 1. The van der Waals surface area contributed by atoms with Crippen LogP contribution in [-0.2, 0) is 10.4 Å². The second-order valence-electron chi connectivity index (χ2n) is 3.99. The molecular weight excluding hydrogens is 308 g/mol. The molecule has 0 aliphatic carbocycles. The molecule has 1 aromatic rings. The average Bonchev–Trinajstić information content (AvgIpc) is 2.35. The minimum absolute atomic E-state index is 0.135. The van der Waals surface area contributed by atoms with Gasteiger partial charge in [0.25, 0.3) is 5.60 Å². The summed E-state index contributed by atoms with van der Waals surface area (Å²) in [4.78, 5) is 10.8. The quantitative estimate of drug-likeness (QED) is 0.746. The number of alkyl halides is 6. The highest BCUT2D eigenvalue weighted by Crippen LogP contribution is 2.50. The van der Waals surface area contributed by atoms with E-state index in [4.69, 9.17) is 10.2 Å². The fourth-order valence-corrected chi connectivity index (χ4v) is 1.48. The van der Waals surface area contributed by atoms with Gasteiger partial charge in [-0.3, -0.25) is 4.79 Å². The van der Waals surface area contributed by atoms with Crippen molar-refractivity contribution in [2.45, 2.75) is 18.0 Å². The van der Waals surface area contributed by atoms with Crippen LogP contribution in [0, 0.1) is 0 Å². The number of rotatable bonds is 3. The van der Waals surface area contributed by atoms with Gasteiger partial charge in [-0.25, -0.2) is 0 Å². The first-order valence-electron chi connectivity index (χ1n) is 5.30. The van der Waals surface area contributed by atoms with Crippen molar-refractivity contribution in [3.8, 4) is 0 Å². The molecule has 21 heavy (non-hydrogen) atoms. The lowest BCUT2D eigenvalue weighted by Gasteiger charge is -2.32. The summed E-state index contributed by atoms with van der Waals surface area (Å²) in [5.74, 6) is -0.898. The van der Waals surface area contributed by atoms with E-state index >= 15 is 0 Å². The Morgan fingerprint density at radius 1 is 1.00 bits per heavy atom. The summed E-state index contributed by atoms with van der Waals surface area (Å²) in [5, 5.41) is 19.6. The molecule has 0 heterocycles. The summed E-state index contributed by atoms with van der Waals surface area (Å²) in [7, 11) is 0. The second kappa shape index (κ2) is 5.53. The molecule has 0 spiro atoms. The molecule has 0 fully saturated rings.